The Bertz CT molecular complexity index is 268. The van der Waals surface area contributed by atoms with Gasteiger partial charge in [0.1, 0.15) is 0 Å². The Balaban J connectivity index is 4.86. The maximum atomic E-state index is 13.9. The normalized spacial score (nSPS) is 13.6. The summed E-state index contributed by atoms with van der Waals surface area (Å²) in [6.45, 7) is 7.99. The Morgan fingerprint density at radius 2 is 1.56 bits per heavy atom. The molecular formula is C11H23F2O4P. The third kappa shape index (κ3) is 5.74. The first kappa shape index (κ1) is 18.0. The molecule has 0 unspecified atom stereocenters. The second kappa shape index (κ2) is 7.53. The Hall–Kier alpha value is -0.0300. The molecule has 0 aromatic heterocycles. The lowest BCUT2D eigenvalue weighted by molar-refractivity contribution is -0.00662. The highest BCUT2D eigenvalue weighted by Crippen LogP contribution is 2.64. The van der Waals surface area contributed by atoms with E-state index in [1.54, 1.807) is 6.92 Å². The average Bonchev–Trinajstić information content (AvgIpc) is 2.14. The highest BCUT2D eigenvalue weighted by atomic mass is 31.2. The van der Waals surface area contributed by atoms with Gasteiger partial charge in [0.15, 0.2) is 0 Å². The molecule has 0 amide bonds. The predicted molar refractivity (Wildman–Crippen MR) is 66.1 cm³/mol. The number of rotatable bonds is 9. The largest absolute Gasteiger partial charge is 0.400 e. The molecule has 7 heteroatoms. The van der Waals surface area contributed by atoms with E-state index in [4.69, 9.17) is 13.8 Å². The van der Waals surface area contributed by atoms with Gasteiger partial charge in [-0.15, -0.1) is 0 Å². The minimum atomic E-state index is -4.49. The summed E-state index contributed by atoms with van der Waals surface area (Å²) in [5, 5.41) is 0. The van der Waals surface area contributed by atoms with Gasteiger partial charge in [0.25, 0.3) is 0 Å². The van der Waals surface area contributed by atoms with E-state index < -0.39 is 31.9 Å². The number of alkyl halides is 2. The molecule has 0 spiro atoms. The summed E-state index contributed by atoms with van der Waals surface area (Å²) < 4.78 is 54.7. The summed E-state index contributed by atoms with van der Waals surface area (Å²) in [5.74, 6) is 0. The highest BCUT2D eigenvalue weighted by Gasteiger charge is 2.54. The van der Waals surface area contributed by atoms with Crippen LogP contribution < -0.4 is 0 Å². The second-order valence-corrected chi connectivity index (χ2v) is 6.49. The van der Waals surface area contributed by atoms with E-state index in [0.29, 0.717) is 6.61 Å². The Morgan fingerprint density at radius 1 is 1.11 bits per heavy atom. The molecule has 0 rings (SSSR count). The van der Waals surface area contributed by atoms with Gasteiger partial charge in [0.05, 0.1) is 18.8 Å². The van der Waals surface area contributed by atoms with E-state index in [2.05, 4.69) is 0 Å². The van der Waals surface area contributed by atoms with Crippen molar-refractivity contribution in [2.75, 3.05) is 13.2 Å². The lowest BCUT2D eigenvalue weighted by Crippen LogP contribution is -2.25. The van der Waals surface area contributed by atoms with Crippen LogP contribution >= 0.6 is 7.60 Å². The molecule has 0 saturated carbocycles. The van der Waals surface area contributed by atoms with E-state index in [-0.39, 0.29) is 6.61 Å². The molecule has 0 N–H and O–H groups in total. The van der Waals surface area contributed by atoms with Crippen molar-refractivity contribution in [2.24, 2.45) is 0 Å². The zero-order valence-electron chi connectivity index (χ0n) is 11.6. The summed E-state index contributed by atoms with van der Waals surface area (Å²) in [6.07, 6.45) is -1.89. The lowest BCUT2D eigenvalue weighted by atomic mass is 10.5. The van der Waals surface area contributed by atoms with Crippen LogP contribution in [0.4, 0.5) is 8.78 Å². The van der Waals surface area contributed by atoms with Crippen molar-refractivity contribution in [3.63, 3.8) is 0 Å². The third-order valence-electron chi connectivity index (χ3n) is 1.85. The van der Waals surface area contributed by atoms with Gasteiger partial charge in [-0.25, -0.2) is 0 Å². The van der Waals surface area contributed by atoms with E-state index in [9.17, 15) is 13.3 Å². The van der Waals surface area contributed by atoms with Crippen LogP contribution in [0.15, 0.2) is 0 Å². The van der Waals surface area contributed by atoms with Crippen molar-refractivity contribution in [1.82, 2.24) is 0 Å². The number of ether oxygens (including phenoxy) is 1. The molecule has 18 heavy (non-hydrogen) atoms. The minimum Gasteiger partial charge on any atom is -0.381 e. The molecule has 4 nitrogen and oxygen atoms in total. The van der Waals surface area contributed by atoms with Gasteiger partial charge >= 0.3 is 13.3 Å². The average molecular weight is 288 g/mol. The van der Waals surface area contributed by atoms with Gasteiger partial charge in [-0.1, -0.05) is 0 Å². The maximum absolute atomic E-state index is 13.9. The molecule has 0 aliphatic heterocycles. The van der Waals surface area contributed by atoms with Crippen LogP contribution in [0.1, 0.15) is 41.0 Å². The minimum absolute atomic E-state index is 0.184. The SMILES string of the molecule is CCOCCC(F)(F)P(=O)(OC(C)C)OC(C)C. The molecule has 0 aliphatic carbocycles. The Labute approximate surface area is 108 Å². The second-order valence-electron chi connectivity index (χ2n) is 4.42. The van der Waals surface area contributed by atoms with E-state index in [1.165, 1.54) is 27.7 Å². The fourth-order valence-electron chi connectivity index (χ4n) is 1.21. The van der Waals surface area contributed by atoms with Gasteiger partial charge in [-0.05, 0) is 34.6 Å². The van der Waals surface area contributed by atoms with Crippen molar-refractivity contribution in [2.45, 2.75) is 58.9 Å². The molecule has 0 aromatic rings. The molecule has 0 atom stereocenters. The monoisotopic (exact) mass is 288 g/mol. The van der Waals surface area contributed by atoms with Gasteiger partial charge in [0.2, 0.25) is 0 Å². The zero-order valence-corrected chi connectivity index (χ0v) is 12.5. The molecule has 0 saturated heterocycles. The topological polar surface area (TPSA) is 44.8 Å². The third-order valence-corrected chi connectivity index (χ3v) is 4.27. The van der Waals surface area contributed by atoms with Gasteiger partial charge < -0.3 is 13.8 Å². The van der Waals surface area contributed by atoms with Crippen LogP contribution in [0.5, 0.6) is 0 Å². The Morgan fingerprint density at radius 3 is 1.89 bits per heavy atom. The molecule has 0 fully saturated rings. The van der Waals surface area contributed by atoms with Gasteiger partial charge in [-0.2, -0.15) is 8.78 Å². The van der Waals surface area contributed by atoms with Gasteiger partial charge in [-0.3, -0.25) is 4.57 Å². The lowest BCUT2D eigenvalue weighted by Gasteiger charge is -2.29. The number of hydrogen-bond donors (Lipinski definition) is 0. The summed E-state index contributed by atoms with van der Waals surface area (Å²) >= 11 is 0. The smallest absolute Gasteiger partial charge is 0.381 e. The van der Waals surface area contributed by atoms with Crippen LogP contribution in [0, 0.1) is 0 Å². The molecule has 0 aromatic carbocycles. The van der Waals surface area contributed by atoms with Gasteiger partial charge in [0, 0.05) is 13.0 Å². The molecule has 110 valence electrons. The van der Waals surface area contributed by atoms with Crippen molar-refractivity contribution < 1.29 is 27.1 Å². The first-order valence-corrected chi connectivity index (χ1v) is 7.61. The summed E-state index contributed by atoms with van der Waals surface area (Å²) in [4.78, 5) is 0. The first-order valence-electron chi connectivity index (χ1n) is 6.07. The molecule has 0 heterocycles. The first-order chi connectivity index (χ1) is 8.14. The number of hydrogen-bond acceptors (Lipinski definition) is 4. The molecular weight excluding hydrogens is 265 g/mol. The molecule has 0 bridgehead atoms. The number of halogens is 2. The highest BCUT2D eigenvalue weighted by molar-refractivity contribution is 7.55. The van der Waals surface area contributed by atoms with E-state index in [1.807, 2.05) is 0 Å². The predicted octanol–water partition coefficient (Wildman–Crippen LogP) is 4.05. The van der Waals surface area contributed by atoms with Crippen LogP contribution in [0.2, 0.25) is 0 Å². The Kier molecular flexibility index (Phi) is 7.52. The summed E-state index contributed by atoms with van der Waals surface area (Å²) in [5.41, 5.74) is -3.54. The van der Waals surface area contributed by atoms with Crippen LogP contribution in [0.25, 0.3) is 0 Å². The van der Waals surface area contributed by atoms with Crippen LogP contribution in [-0.2, 0) is 18.3 Å². The van der Waals surface area contributed by atoms with Crippen molar-refractivity contribution >= 4 is 7.60 Å². The fourth-order valence-corrected chi connectivity index (χ4v) is 3.04. The molecule has 0 aliphatic rings. The van der Waals surface area contributed by atoms with Crippen LogP contribution in [0.3, 0.4) is 0 Å². The van der Waals surface area contributed by atoms with Crippen LogP contribution in [-0.4, -0.2) is 31.1 Å². The summed E-state index contributed by atoms with van der Waals surface area (Å²) in [6, 6.07) is 0. The standard InChI is InChI=1S/C11H23F2O4P/c1-6-15-8-7-11(12,13)18(14,16-9(2)3)17-10(4)5/h9-10H,6-8H2,1-5H3. The van der Waals surface area contributed by atoms with E-state index in [0.717, 1.165) is 0 Å². The zero-order chi connectivity index (χ0) is 14.4. The van der Waals surface area contributed by atoms with Crippen molar-refractivity contribution in [3.05, 3.63) is 0 Å². The quantitative estimate of drug-likeness (QED) is 0.474. The van der Waals surface area contributed by atoms with E-state index >= 15 is 0 Å². The summed E-state index contributed by atoms with van der Waals surface area (Å²) in [7, 11) is -4.49. The van der Waals surface area contributed by atoms with Crippen molar-refractivity contribution in [3.8, 4) is 0 Å². The van der Waals surface area contributed by atoms with Crippen molar-refractivity contribution in [1.29, 1.82) is 0 Å². The molecule has 0 radical (unpaired) electrons. The fraction of sp³-hybridized carbons (Fsp3) is 1.00. The maximum Gasteiger partial charge on any atom is 0.400 e.